The molecule has 0 N–H and O–H groups in total. The summed E-state index contributed by atoms with van der Waals surface area (Å²) in [6.07, 6.45) is -0.146. The summed E-state index contributed by atoms with van der Waals surface area (Å²) in [7, 11) is -0.893. The fraction of sp³-hybridized carbons (Fsp3) is 0.278. The normalized spacial score (nSPS) is 22.0. The van der Waals surface area contributed by atoms with Gasteiger partial charge in [0.15, 0.2) is 6.10 Å². The summed E-state index contributed by atoms with van der Waals surface area (Å²) in [5.74, 6) is 1.13. The van der Waals surface area contributed by atoms with Gasteiger partial charge in [0.25, 0.3) is 0 Å². The Bertz CT molecular complexity index is 670. The van der Waals surface area contributed by atoms with Crippen molar-refractivity contribution in [2.45, 2.75) is 18.9 Å². The highest BCUT2D eigenvalue weighted by molar-refractivity contribution is 7.85. The molecule has 22 heavy (non-hydrogen) atoms. The molecule has 3 atom stereocenters. The maximum absolute atomic E-state index is 12.0. The van der Waals surface area contributed by atoms with E-state index in [1.54, 1.807) is 0 Å². The van der Waals surface area contributed by atoms with Crippen molar-refractivity contribution in [1.29, 1.82) is 0 Å². The minimum atomic E-state index is -0.893. The molecule has 0 bridgehead atoms. The van der Waals surface area contributed by atoms with Crippen LogP contribution in [0.25, 0.3) is 0 Å². The predicted octanol–water partition coefficient (Wildman–Crippen LogP) is 3.67. The second kappa shape index (κ2) is 6.88. The van der Waals surface area contributed by atoms with Crippen molar-refractivity contribution in [2.75, 3.05) is 11.5 Å². The maximum Gasteiger partial charge on any atom is 0.164 e. The van der Waals surface area contributed by atoms with Crippen LogP contribution in [0.15, 0.2) is 65.8 Å². The first-order valence-electron chi connectivity index (χ1n) is 7.47. The van der Waals surface area contributed by atoms with Gasteiger partial charge in [-0.05, 0) is 11.1 Å². The lowest BCUT2D eigenvalue weighted by atomic mass is 9.86. The summed E-state index contributed by atoms with van der Waals surface area (Å²) < 4.78 is 12.0. The van der Waals surface area contributed by atoms with Gasteiger partial charge in [-0.3, -0.25) is 4.21 Å². The Hall–Kier alpha value is -1.94. The second-order valence-corrected chi connectivity index (χ2v) is 7.03. The van der Waals surface area contributed by atoms with Gasteiger partial charge in [-0.2, -0.15) is 0 Å². The van der Waals surface area contributed by atoms with E-state index in [1.807, 2.05) is 43.3 Å². The van der Waals surface area contributed by atoms with Crippen molar-refractivity contribution >= 4 is 16.5 Å². The fourth-order valence-electron chi connectivity index (χ4n) is 2.72. The van der Waals surface area contributed by atoms with Crippen LogP contribution >= 0.6 is 0 Å². The molecule has 0 aliphatic carbocycles. The number of hydrogen-bond donors (Lipinski definition) is 0. The minimum Gasteiger partial charge on any atom is -0.387 e. The molecule has 0 aromatic heterocycles. The van der Waals surface area contributed by atoms with Crippen molar-refractivity contribution in [3.63, 3.8) is 0 Å². The molecule has 114 valence electrons. The molecule has 2 aromatic rings. The molecule has 0 radical (unpaired) electrons. The lowest BCUT2D eigenvalue weighted by Crippen LogP contribution is -2.21. The molecule has 0 fully saturated rings. The second-order valence-electron chi connectivity index (χ2n) is 5.28. The van der Waals surface area contributed by atoms with Gasteiger partial charge < -0.3 is 4.84 Å². The quantitative estimate of drug-likeness (QED) is 0.845. The smallest absolute Gasteiger partial charge is 0.164 e. The Morgan fingerprint density at radius 3 is 2.18 bits per heavy atom. The molecule has 0 spiro atoms. The largest absolute Gasteiger partial charge is 0.387 e. The lowest BCUT2D eigenvalue weighted by Gasteiger charge is -2.19. The summed E-state index contributed by atoms with van der Waals surface area (Å²) in [5.41, 5.74) is 3.12. The molecule has 3 nitrogen and oxygen atoms in total. The number of rotatable bonds is 5. The van der Waals surface area contributed by atoms with Gasteiger partial charge in [0, 0.05) is 16.6 Å². The molecule has 1 heterocycles. The first-order chi connectivity index (χ1) is 10.8. The monoisotopic (exact) mass is 313 g/mol. The van der Waals surface area contributed by atoms with Crippen LogP contribution < -0.4 is 0 Å². The molecule has 3 rings (SSSR count). The molecular formula is C18H19NO2S. The van der Waals surface area contributed by atoms with Gasteiger partial charge in [-0.25, -0.2) is 0 Å². The van der Waals surface area contributed by atoms with Crippen molar-refractivity contribution in [1.82, 2.24) is 0 Å². The fourth-order valence-corrected chi connectivity index (χ4v) is 3.49. The molecule has 1 aliphatic rings. The molecule has 0 saturated carbocycles. The van der Waals surface area contributed by atoms with E-state index >= 15 is 0 Å². The zero-order valence-electron chi connectivity index (χ0n) is 12.5. The first-order valence-corrected chi connectivity index (χ1v) is 8.96. The van der Waals surface area contributed by atoms with Crippen LogP contribution in [0.4, 0.5) is 0 Å². The van der Waals surface area contributed by atoms with E-state index in [0.29, 0.717) is 11.5 Å². The van der Waals surface area contributed by atoms with Crippen LogP contribution in [-0.2, 0) is 15.6 Å². The lowest BCUT2D eigenvalue weighted by molar-refractivity contribution is 0.0763. The summed E-state index contributed by atoms with van der Waals surface area (Å²) in [4.78, 5) is 5.72. The van der Waals surface area contributed by atoms with Gasteiger partial charge in [0.05, 0.1) is 17.4 Å². The van der Waals surface area contributed by atoms with Crippen molar-refractivity contribution in [2.24, 2.45) is 5.16 Å². The van der Waals surface area contributed by atoms with E-state index in [0.717, 1.165) is 16.8 Å². The Kier molecular flexibility index (Phi) is 4.68. The molecule has 1 aliphatic heterocycles. The molecule has 0 saturated heterocycles. The van der Waals surface area contributed by atoms with Crippen molar-refractivity contribution in [3.05, 3.63) is 71.8 Å². The number of nitrogens with zero attached hydrogens (tertiary/aromatic N) is 1. The Morgan fingerprint density at radius 1 is 1.00 bits per heavy atom. The van der Waals surface area contributed by atoms with E-state index in [9.17, 15) is 4.21 Å². The van der Waals surface area contributed by atoms with Gasteiger partial charge in [-0.15, -0.1) is 0 Å². The van der Waals surface area contributed by atoms with Crippen LogP contribution in [0.2, 0.25) is 0 Å². The van der Waals surface area contributed by atoms with E-state index in [2.05, 4.69) is 29.4 Å². The van der Waals surface area contributed by atoms with Gasteiger partial charge in [-0.1, -0.05) is 72.7 Å². The van der Waals surface area contributed by atoms with E-state index in [-0.39, 0.29) is 12.0 Å². The Balaban J connectivity index is 1.94. The van der Waals surface area contributed by atoms with Gasteiger partial charge >= 0.3 is 0 Å². The SMILES string of the molecule is CCS(=O)CC1=NOC(c2ccccc2)C1c1ccccc1. The summed E-state index contributed by atoms with van der Waals surface area (Å²) >= 11 is 0. The van der Waals surface area contributed by atoms with Crippen LogP contribution in [0, 0.1) is 0 Å². The molecule has 0 amide bonds. The third-order valence-electron chi connectivity index (χ3n) is 3.86. The van der Waals surface area contributed by atoms with E-state index < -0.39 is 10.8 Å². The minimum absolute atomic E-state index is 0.0269. The van der Waals surface area contributed by atoms with E-state index in [1.165, 1.54) is 0 Å². The number of benzene rings is 2. The van der Waals surface area contributed by atoms with Gasteiger partial charge in [0.2, 0.25) is 0 Å². The van der Waals surface area contributed by atoms with Gasteiger partial charge in [0.1, 0.15) is 0 Å². The van der Waals surface area contributed by atoms with Crippen molar-refractivity contribution < 1.29 is 9.05 Å². The number of hydrogen-bond acceptors (Lipinski definition) is 3. The average molecular weight is 313 g/mol. The first kappa shape index (κ1) is 15.0. The molecule has 2 aromatic carbocycles. The topological polar surface area (TPSA) is 38.7 Å². The highest BCUT2D eigenvalue weighted by Crippen LogP contribution is 2.40. The predicted molar refractivity (Wildman–Crippen MR) is 90.4 cm³/mol. The highest BCUT2D eigenvalue weighted by atomic mass is 32.2. The average Bonchev–Trinajstić information content (AvgIpc) is 3.00. The van der Waals surface area contributed by atoms with Crippen molar-refractivity contribution in [3.8, 4) is 0 Å². The standard InChI is InChI=1S/C18H19NO2S/c1-2-22(20)13-16-17(14-9-5-3-6-10-14)18(21-19-16)15-11-7-4-8-12-15/h3-12,17-18H,2,13H2,1H3. The maximum atomic E-state index is 12.0. The van der Waals surface area contributed by atoms with Crippen LogP contribution in [0.1, 0.15) is 30.1 Å². The highest BCUT2D eigenvalue weighted by Gasteiger charge is 2.36. The third-order valence-corrected chi connectivity index (χ3v) is 5.12. The molecule has 3 unspecified atom stereocenters. The summed E-state index contributed by atoms with van der Waals surface area (Å²) in [5, 5.41) is 4.26. The van der Waals surface area contributed by atoms with Crippen LogP contribution in [-0.4, -0.2) is 21.4 Å². The zero-order valence-corrected chi connectivity index (χ0v) is 13.3. The molecular weight excluding hydrogens is 294 g/mol. The third kappa shape index (κ3) is 3.12. The molecule has 4 heteroatoms. The van der Waals surface area contributed by atoms with E-state index in [4.69, 9.17) is 4.84 Å². The van der Waals surface area contributed by atoms with Crippen LogP contribution in [0.5, 0.6) is 0 Å². The summed E-state index contributed by atoms with van der Waals surface area (Å²) in [6.45, 7) is 1.93. The van der Waals surface area contributed by atoms with Crippen LogP contribution in [0.3, 0.4) is 0 Å². The summed E-state index contributed by atoms with van der Waals surface area (Å²) in [6, 6.07) is 20.3. The Morgan fingerprint density at radius 2 is 1.59 bits per heavy atom. The zero-order chi connectivity index (χ0) is 15.4. The Labute approximate surface area is 133 Å². The number of oxime groups is 1.